The number of benzene rings is 2. The van der Waals surface area contributed by atoms with Gasteiger partial charge in [0.25, 0.3) is 0 Å². The van der Waals surface area contributed by atoms with Crippen LogP contribution < -0.4 is 4.74 Å². The molecule has 0 amide bonds. The monoisotopic (exact) mass is 456 g/mol. The van der Waals surface area contributed by atoms with E-state index in [0.717, 1.165) is 30.7 Å². The van der Waals surface area contributed by atoms with Crippen LogP contribution in [0.5, 0.6) is 5.75 Å². The van der Waals surface area contributed by atoms with Gasteiger partial charge in [-0.15, -0.1) is 0 Å². The van der Waals surface area contributed by atoms with Crippen molar-refractivity contribution < 1.29 is 13.5 Å². The lowest BCUT2D eigenvalue weighted by Crippen LogP contribution is -2.13. The zero-order valence-electron chi connectivity index (χ0n) is 20.7. The maximum absolute atomic E-state index is 14.8. The fraction of sp³-hybridized carbons (Fsp3) is 0.600. The molecule has 1 aliphatic rings. The Morgan fingerprint density at radius 2 is 1.39 bits per heavy atom. The van der Waals surface area contributed by atoms with Gasteiger partial charge in [-0.1, -0.05) is 89.5 Å². The summed E-state index contributed by atoms with van der Waals surface area (Å²) < 4.78 is 34.9. The highest BCUT2D eigenvalue weighted by Crippen LogP contribution is 2.38. The van der Waals surface area contributed by atoms with Crippen molar-refractivity contribution in [1.29, 1.82) is 0 Å². The van der Waals surface area contributed by atoms with Gasteiger partial charge >= 0.3 is 0 Å². The molecule has 1 nitrogen and oxygen atoms in total. The lowest BCUT2D eigenvalue weighted by atomic mass is 9.77. The van der Waals surface area contributed by atoms with Crippen molar-refractivity contribution in [2.24, 2.45) is 5.92 Å². The van der Waals surface area contributed by atoms with E-state index in [0.29, 0.717) is 18.1 Å². The molecule has 1 fully saturated rings. The van der Waals surface area contributed by atoms with E-state index in [-0.39, 0.29) is 5.75 Å². The predicted molar refractivity (Wildman–Crippen MR) is 135 cm³/mol. The van der Waals surface area contributed by atoms with Crippen LogP contribution in [0.4, 0.5) is 8.78 Å². The molecular weight excluding hydrogens is 414 g/mol. The number of hydrogen-bond acceptors (Lipinski definition) is 1. The van der Waals surface area contributed by atoms with Crippen LogP contribution in [0.25, 0.3) is 11.1 Å². The number of rotatable bonds is 13. The average Bonchev–Trinajstić information content (AvgIpc) is 2.85. The fourth-order valence-corrected chi connectivity index (χ4v) is 5.16. The smallest absolute Gasteiger partial charge is 0.201 e. The van der Waals surface area contributed by atoms with Crippen molar-refractivity contribution in [3.8, 4) is 16.9 Å². The van der Waals surface area contributed by atoms with Crippen molar-refractivity contribution in [2.45, 2.75) is 103 Å². The molecular formula is C30H42F2O. The van der Waals surface area contributed by atoms with Gasteiger partial charge in [0.05, 0.1) is 6.61 Å². The Morgan fingerprint density at radius 3 is 2.09 bits per heavy atom. The minimum absolute atomic E-state index is 0.0130. The first kappa shape index (κ1) is 25.7. The average molecular weight is 457 g/mol. The second kappa shape index (κ2) is 13.7. The molecule has 3 rings (SSSR count). The Hall–Kier alpha value is -1.90. The predicted octanol–water partition coefficient (Wildman–Crippen LogP) is 9.84. The summed E-state index contributed by atoms with van der Waals surface area (Å²) in [7, 11) is 0. The third kappa shape index (κ3) is 7.55. The maximum Gasteiger partial charge on any atom is 0.201 e. The normalized spacial score (nSPS) is 18.4. The molecule has 1 saturated carbocycles. The first-order valence-corrected chi connectivity index (χ1v) is 13.3. The molecule has 33 heavy (non-hydrogen) atoms. The van der Waals surface area contributed by atoms with E-state index in [1.165, 1.54) is 69.8 Å². The molecule has 2 aromatic carbocycles. The van der Waals surface area contributed by atoms with Crippen molar-refractivity contribution in [1.82, 2.24) is 0 Å². The minimum Gasteiger partial charge on any atom is -0.490 e. The second-order valence-corrected chi connectivity index (χ2v) is 9.84. The summed E-state index contributed by atoms with van der Waals surface area (Å²) >= 11 is 0. The van der Waals surface area contributed by atoms with Gasteiger partial charge in [-0.3, -0.25) is 0 Å². The summed E-state index contributed by atoms with van der Waals surface area (Å²) in [5.74, 6) is -0.207. The van der Waals surface area contributed by atoms with Gasteiger partial charge in [-0.05, 0) is 67.2 Å². The lowest BCUT2D eigenvalue weighted by Gasteiger charge is -2.29. The van der Waals surface area contributed by atoms with E-state index in [4.69, 9.17) is 4.74 Å². The molecule has 0 aliphatic heterocycles. The van der Waals surface area contributed by atoms with Crippen LogP contribution in [0.1, 0.15) is 109 Å². The summed E-state index contributed by atoms with van der Waals surface area (Å²) in [5.41, 5.74) is 2.35. The Bertz CT molecular complexity index is 822. The van der Waals surface area contributed by atoms with Gasteiger partial charge in [0.15, 0.2) is 11.6 Å². The molecule has 0 aromatic heterocycles. The summed E-state index contributed by atoms with van der Waals surface area (Å²) in [5, 5.41) is 0. The van der Waals surface area contributed by atoms with Crippen LogP contribution >= 0.6 is 0 Å². The topological polar surface area (TPSA) is 9.23 Å². The molecule has 0 saturated heterocycles. The standard InChI is InChI=1S/C30H42F2O/c1-3-5-7-8-10-22-33-28-21-20-27(29(31)30(28)32)26-18-16-25(17-19-26)24-14-12-23(13-15-24)11-9-6-4-2/h16-21,23-24H,3-15,22H2,1-2H3/t23-,24-. The second-order valence-electron chi connectivity index (χ2n) is 9.84. The highest BCUT2D eigenvalue weighted by atomic mass is 19.2. The van der Waals surface area contributed by atoms with Crippen LogP contribution in [-0.2, 0) is 0 Å². The number of hydrogen-bond donors (Lipinski definition) is 0. The third-order valence-electron chi connectivity index (χ3n) is 7.31. The molecule has 0 unspecified atom stereocenters. The summed E-state index contributed by atoms with van der Waals surface area (Å²) in [6.07, 6.45) is 16.0. The number of ether oxygens (including phenoxy) is 1. The Morgan fingerprint density at radius 1 is 0.727 bits per heavy atom. The first-order chi connectivity index (χ1) is 16.1. The van der Waals surface area contributed by atoms with Crippen molar-refractivity contribution in [3.05, 3.63) is 53.6 Å². The SMILES string of the molecule is CCCCCCCOc1ccc(-c2ccc([C@H]3CC[C@H](CCCCC)CC3)cc2)c(F)c1F. The summed E-state index contributed by atoms with van der Waals surface area (Å²) in [4.78, 5) is 0. The lowest BCUT2D eigenvalue weighted by molar-refractivity contribution is 0.285. The van der Waals surface area contributed by atoms with Crippen LogP contribution in [0.3, 0.4) is 0 Å². The van der Waals surface area contributed by atoms with Crippen LogP contribution in [0, 0.1) is 17.6 Å². The number of unbranched alkanes of at least 4 members (excludes halogenated alkanes) is 6. The van der Waals surface area contributed by atoms with E-state index in [1.54, 1.807) is 12.1 Å². The summed E-state index contributed by atoms with van der Waals surface area (Å²) in [6.45, 7) is 4.86. The highest BCUT2D eigenvalue weighted by Gasteiger charge is 2.22. The third-order valence-corrected chi connectivity index (χ3v) is 7.31. The zero-order valence-corrected chi connectivity index (χ0v) is 20.7. The van der Waals surface area contributed by atoms with Crippen molar-refractivity contribution in [2.75, 3.05) is 6.61 Å². The Kier molecular flexibility index (Phi) is 10.7. The summed E-state index contributed by atoms with van der Waals surface area (Å²) in [6, 6.07) is 11.3. The fourth-order valence-electron chi connectivity index (χ4n) is 5.16. The molecule has 2 aromatic rings. The molecule has 182 valence electrons. The zero-order chi connectivity index (χ0) is 23.5. The quantitative estimate of drug-likeness (QED) is 0.272. The van der Waals surface area contributed by atoms with Crippen molar-refractivity contribution >= 4 is 0 Å². The van der Waals surface area contributed by atoms with Gasteiger partial charge in [0.2, 0.25) is 5.82 Å². The first-order valence-electron chi connectivity index (χ1n) is 13.3. The van der Waals surface area contributed by atoms with E-state index in [9.17, 15) is 8.78 Å². The number of halogens is 2. The van der Waals surface area contributed by atoms with E-state index in [2.05, 4.69) is 26.0 Å². The van der Waals surface area contributed by atoms with E-state index >= 15 is 0 Å². The van der Waals surface area contributed by atoms with Crippen molar-refractivity contribution in [3.63, 3.8) is 0 Å². The highest BCUT2D eigenvalue weighted by molar-refractivity contribution is 5.65. The van der Waals surface area contributed by atoms with E-state index in [1.807, 2.05) is 12.1 Å². The van der Waals surface area contributed by atoms with Gasteiger partial charge < -0.3 is 4.74 Å². The molecule has 3 heteroatoms. The van der Waals surface area contributed by atoms with Gasteiger partial charge in [0.1, 0.15) is 0 Å². The Balaban J connectivity index is 1.54. The molecule has 1 aliphatic carbocycles. The van der Waals surface area contributed by atoms with Gasteiger partial charge in [-0.25, -0.2) is 4.39 Å². The van der Waals surface area contributed by atoms with Gasteiger partial charge in [0, 0.05) is 5.56 Å². The molecule has 0 spiro atoms. The minimum atomic E-state index is -0.883. The van der Waals surface area contributed by atoms with Crippen LogP contribution in [0.15, 0.2) is 36.4 Å². The van der Waals surface area contributed by atoms with E-state index < -0.39 is 11.6 Å². The Labute approximate surface area is 199 Å². The molecule has 0 radical (unpaired) electrons. The molecule has 0 N–H and O–H groups in total. The molecule has 0 atom stereocenters. The molecule has 0 bridgehead atoms. The maximum atomic E-state index is 14.8. The molecule has 0 heterocycles. The van der Waals surface area contributed by atoms with Gasteiger partial charge in [-0.2, -0.15) is 4.39 Å². The largest absolute Gasteiger partial charge is 0.490 e. The van der Waals surface area contributed by atoms with Crippen LogP contribution in [-0.4, -0.2) is 6.61 Å². The van der Waals surface area contributed by atoms with Crippen LogP contribution in [0.2, 0.25) is 0 Å².